The van der Waals surface area contributed by atoms with Crippen LogP contribution in [0.3, 0.4) is 0 Å². The summed E-state index contributed by atoms with van der Waals surface area (Å²) < 4.78 is 10.9. The summed E-state index contributed by atoms with van der Waals surface area (Å²) in [5.74, 6) is 1.42. The van der Waals surface area contributed by atoms with Crippen LogP contribution in [-0.4, -0.2) is 34.6 Å². The Morgan fingerprint density at radius 1 is 1.07 bits per heavy atom. The maximum atomic E-state index is 13.0. The van der Waals surface area contributed by atoms with Crippen LogP contribution < -0.4 is 9.47 Å². The Balaban J connectivity index is 1.57. The Hall–Kier alpha value is -3.41. The molecule has 1 atom stereocenters. The number of rotatable bonds is 6. The van der Waals surface area contributed by atoms with Crippen molar-refractivity contribution in [2.75, 3.05) is 13.8 Å². The standard InChI is InChI=1S/C22H21N3O3/c1-25(14-18-13-23-9-10-24-18)22(26)12-19(16-5-3-2-4-6-16)17-7-8-20-21(11-17)28-15-27-20/h2-11,13,19H,12,14-15H2,1H3. The van der Waals surface area contributed by atoms with Gasteiger partial charge in [0.15, 0.2) is 11.5 Å². The minimum Gasteiger partial charge on any atom is -0.454 e. The highest BCUT2D eigenvalue weighted by atomic mass is 16.7. The topological polar surface area (TPSA) is 64.6 Å². The summed E-state index contributed by atoms with van der Waals surface area (Å²) in [6.07, 6.45) is 5.28. The Labute approximate surface area is 163 Å². The fourth-order valence-electron chi connectivity index (χ4n) is 3.32. The molecule has 4 rings (SSSR count). The summed E-state index contributed by atoms with van der Waals surface area (Å²) in [5, 5.41) is 0. The van der Waals surface area contributed by atoms with Crippen LogP contribution in [0.5, 0.6) is 11.5 Å². The van der Waals surface area contributed by atoms with Crippen LogP contribution in [0.25, 0.3) is 0 Å². The molecule has 0 N–H and O–H groups in total. The van der Waals surface area contributed by atoms with Crippen molar-refractivity contribution in [3.63, 3.8) is 0 Å². The number of hydrogen-bond acceptors (Lipinski definition) is 5. The number of amides is 1. The molecule has 0 saturated carbocycles. The van der Waals surface area contributed by atoms with E-state index >= 15 is 0 Å². The van der Waals surface area contributed by atoms with Gasteiger partial charge in [-0.25, -0.2) is 0 Å². The molecule has 1 aliphatic rings. The Bertz CT molecular complexity index is 948. The van der Waals surface area contributed by atoms with Gasteiger partial charge in [0.05, 0.1) is 18.4 Å². The van der Waals surface area contributed by atoms with Crippen LogP contribution >= 0.6 is 0 Å². The first-order chi connectivity index (χ1) is 13.7. The van der Waals surface area contributed by atoms with E-state index in [1.807, 2.05) is 48.5 Å². The van der Waals surface area contributed by atoms with Crippen LogP contribution in [0.4, 0.5) is 0 Å². The van der Waals surface area contributed by atoms with E-state index in [4.69, 9.17) is 9.47 Å². The van der Waals surface area contributed by atoms with Gasteiger partial charge < -0.3 is 14.4 Å². The summed E-state index contributed by atoms with van der Waals surface area (Å²) >= 11 is 0. The second-order valence-corrected chi connectivity index (χ2v) is 6.73. The average Bonchev–Trinajstić information content (AvgIpc) is 3.21. The van der Waals surface area contributed by atoms with Crippen molar-refractivity contribution in [1.82, 2.24) is 14.9 Å². The third-order valence-electron chi connectivity index (χ3n) is 4.82. The molecule has 0 spiro atoms. The van der Waals surface area contributed by atoms with Crippen molar-refractivity contribution in [2.45, 2.75) is 18.9 Å². The minimum atomic E-state index is -0.0764. The summed E-state index contributed by atoms with van der Waals surface area (Å²) in [7, 11) is 1.79. The third-order valence-corrected chi connectivity index (χ3v) is 4.82. The van der Waals surface area contributed by atoms with Gasteiger partial charge in [-0.05, 0) is 23.3 Å². The predicted molar refractivity (Wildman–Crippen MR) is 104 cm³/mol. The lowest BCUT2D eigenvalue weighted by atomic mass is 9.88. The van der Waals surface area contributed by atoms with Gasteiger partial charge in [0.25, 0.3) is 0 Å². The normalized spacial score (nSPS) is 13.2. The SMILES string of the molecule is CN(Cc1cnccn1)C(=O)CC(c1ccccc1)c1ccc2c(c1)OCO2. The molecule has 1 amide bonds. The van der Waals surface area contributed by atoms with Crippen LogP contribution in [-0.2, 0) is 11.3 Å². The molecule has 1 aromatic heterocycles. The molecular weight excluding hydrogens is 354 g/mol. The van der Waals surface area contributed by atoms with Gasteiger partial charge in [0.1, 0.15) is 0 Å². The highest BCUT2D eigenvalue weighted by molar-refractivity contribution is 5.77. The van der Waals surface area contributed by atoms with Gasteiger partial charge in [-0.3, -0.25) is 14.8 Å². The molecule has 1 aliphatic heterocycles. The fraction of sp³-hybridized carbons (Fsp3) is 0.227. The maximum Gasteiger partial charge on any atom is 0.231 e. The Morgan fingerprint density at radius 3 is 2.68 bits per heavy atom. The van der Waals surface area contributed by atoms with Gasteiger partial charge in [-0.1, -0.05) is 36.4 Å². The molecule has 3 aromatic rings. The van der Waals surface area contributed by atoms with Gasteiger partial charge in [0, 0.05) is 31.8 Å². The molecule has 2 heterocycles. The maximum absolute atomic E-state index is 13.0. The van der Waals surface area contributed by atoms with E-state index in [0.29, 0.717) is 13.0 Å². The van der Waals surface area contributed by atoms with Crippen LogP contribution in [0, 0.1) is 0 Å². The van der Waals surface area contributed by atoms with Crippen molar-refractivity contribution in [3.05, 3.63) is 83.9 Å². The van der Waals surface area contributed by atoms with E-state index in [9.17, 15) is 4.79 Å². The van der Waals surface area contributed by atoms with Crippen molar-refractivity contribution in [3.8, 4) is 11.5 Å². The van der Waals surface area contributed by atoms with Crippen molar-refractivity contribution < 1.29 is 14.3 Å². The van der Waals surface area contributed by atoms with E-state index in [0.717, 1.165) is 28.3 Å². The highest BCUT2D eigenvalue weighted by Crippen LogP contribution is 2.37. The quantitative estimate of drug-likeness (QED) is 0.661. The predicted octanol–water partition coefficient (Wildman–Crippen LogP) is 3.39. The number of nitrogens with zero attached hydrogens (tertiary/aromatic N) is 3. The van der Waals surface area contributed by atoms with Crippen molar-refractivity contribution in [1.29, 1.82) is 0 Å². The zero-order valence-corrected chi connectivity index (χ0v) is 15.6. The van der Waals surface area contributed by atoms with Gasteiger partial charge in [-0.15, -0.1) is 0 Å². The summed E-state index contributed by atoms with van der Waals surface area (Å²) in [6, 6.07) is 15.9. The first kappa shape index (κ1) is 18.0. The second kappa shape index (κ2) is 8.08. The summed E-state index contributed by atoms with van der Waals surface area (Å²) in [4.78, 5) is 23.0. The molecule has 28 heavy (non-hydrogen) atoms. The number of aromatic nitrogens is 2. The van der Waals surface area contributed by atoms with Gasteiger partial charge >= 0.3 is 0 Å². The number of carbonyl (C=O) groups excluding carboxylic acids is 1. The lowest BCUT2D eigenvalue weighted by molar-refractivity contribution is -0.130. The zero-order valence-electron chi connectivity index (χ0n) is 15.6. The van der Waals surface area contributed by atoms with E-state index in [1.165, 1.54) is 0 Å². The average molecular weight is 375 g/mol. The van der Waals surface area contributed by atoms with Crippen molar-refractivity contribution >= 4 is 5.91 Å². The molecule has 0 radical (unpaired) electrons. The molecule has 1 unspecified atom stereocenters. The number of fused-ring (bicyclic) bond motifs is 1. The third kappa shape index (κ3) is 3.96. The molecule has 2 aromatic carbocycles. The Kier molecular flexibility index (Phi) is 5.19. The molecule has 6 nitrogen and oxygen atoms in total. The van der Waals surface area contributed by atoms with Crippen LogP contribution in [0.15, 0.2) is 67.1 Å². The smallest absolute Gasteiger partial charge is 0.231 e. The van der Waals surface area contributed by atoms with Gasteiger partial charge in [0.2, 0.25) is 12.7 Å². The summed E-state index contributed by atoms with van der Waals surface area (Å²) in [5.41, 5.74) is 2.87. The number of benzene rings is 2. The van der Waals surface area contributed by atoms with Crippen LogP contribution in [0.1, 0.15) is 29.2 Å². The Morgan fingerprint density at radius 2 is 1.89 bits per heavy atom. The molecule has 0 bridgehead atoms. The molecule has 0 fully saturated rings. The first-order valence-electron chi connectivity index (χ1n) is 9.14. The molecule has 6 heteroatoms. The van der Waals surface area contributed by atoms with Gasteiger partial charge in [-0.2, -0.15) is 0 Å². The van der Waals surface area contributed by atoms with E-state index in [2.05, 4.69) is 9.97 Å². The minimum absolute atomic E-state index is 0.0390. The lowest BCUT2D eigenvalue weighted by Gasteiger charge is -2.22. The van der Waals surface area contributed by atoms with E-state index in [1.54, 1.807) is 30.5 Å². The van der Waals surface area contributed by atoms with Crippen molar-refractivity contribution in [2.24, 2.45) is 0 Å². The molecule has 142 valence electrons. The molecular formula is C22H21N3O3. The monoisotopic (exact) mass is 375 g/mol. The number of carbonyl (C=O) groups is 1. The second-order valence-electron chi connectivity index (χ2n) is 6.73. The zero-order chi connectivity index (χ0) is 19.3. The lowest BCUT2D eigenvalue weighted by Crippen LogP contribution is -2.28. The summed E-state index contributed by atoms with van der Waals surface area (Å²) in [6.45, 7) is 0.657. The van der Waals surface area contributed by atoms with E-state index in [-0.39, 0.29) is 18.6 Å². The fourth-order valence-corrected chi connectivity index (χ4v) is 3.32. The highest BCUT2D eigenvalue weighted by Gasteiger charge is 2.23. The molecule has 0 saturated heterocycles. The number of ether oxygens (including phenoxy) is 2. The van der Waals surface area contributed by atoms with E-state index < -0.39 is 0 Å². The first-order valence-corrected chi connectivity index (χ1v) is 9.14. The van der Waals surface area contributed by atoms with Crippen LogP contribution in [0.2, 0.25) is 0 Å². The largest absolute Gasteiger partial charge is 0.454 e. The molecule has 0 aliphatic carbocycles. The number of hydrogen-bond donors (Lipinski definition) is 0.